The second kappa shape index (κ2) is 5.85. The van der Waals surface area contributed by atoms with Gasteiger partial charge in [0, 0.05) is 30.2 Å². The molecule has 1 aromatic rings. The van der Waals surface area contributed by atoms with Gasteiger partial charge in [-0.2, -0.15) is 0 Å². The summed E-state index contributed by atoms with van der Waals surface area (Å²) in [5.74, 6) is 0. The van der Waals surface area contributed by atoms with Gasteiger partial charge in [-0.05, 0) is 44.5 Å². The quantitative estimate of drug-likeness (QED) is 0.837. The lowest BCUT2D eigenvalue weighted by Crippen LogP contribution is -2.31. The molecule has 17 heavy (non-hydrogen) atoms. The number of hydrogen-bond acceptors (Lipinski definition) is 2. The third-order valence-corrected chi connectivity index (χ3v) is 3.71. The first-order valence-electron chi connectivity index (χ1n) is 6.36. The summed E-state index contributed by atoms with van der Waals surface area (Å²) in [6, 6.07) is 9.31. The molecule has 0 spiro atoms. The van der Waals surface area contributed by atoms with Crippen molar-refractivity contribution in [3.05, 3.63) is 34.9 Å². The zero-order valence-electron chi connectivity index (χ0n) is 10.6. The molecule has 1 atom stereocenters. The fourth-order valence-electron chi connectivity index (χ4n) is 2.02. The van der Waals surface area contributed by atoms with Crippen LogP contribution in [0, 0.1) is 0 Å². The summed E-state index contributed by atoms with van der Waals surface area (Å²) in [6.07, 6.45) is 2.76. The molecule has 94 valence electrons. The molecule has 0 heterocycles. The average molecular weight is 253 g/mol. The Balaban J connectivity index is 1.72. The zero-order chi connectivity index (χ0) is 12.3. The summed E-state index contributed by atoms with van der Waals surface area (Å²) in [5.41, 5.74) is 1.29. The largest absolute Gasteiger partial charge is 0.309 e. The summed E-state index contributed by atoms with van der Waals surface area (Å²) in [6.45, 7) is 4.36. The molecule has 3 heteroatoms. The minimum atomic E-state index is 0.389. The van der Waals surface area contributed by atoms with Crippen molar-refractivity contribution in [3.63, 3.8) is 0 Å². The molecule has 0 bridgehead atoms. The first kappa shape index (κ1) is 12.9. The molecular formula is C14H21ClN2. The van der Waals surface area contributed by atoms with Crippen LogP contribution in [0.3, 0.4) is 0 Å². The topological polar surface area (TPSA) is 15.3 Å². The first-order valence-corrected chi connectivity index (χ1v) is 6.73. The van der Waals surface area contributed by atoms with Gasteiger partial charge in [-0.1, -0.05) is 23.7 Å². The fraction of sp³-hybridized carbons (Fsp3) is 0.571. The van der Waals surface area contributed by atoms with E-state index in [1.165, 1.54) is 18.4 Å². The SMILES string of the molecule is CC(NCCN(C)C1CC1)c1ccc(Cl)cc1. The van der Waals surface area contributed by atoms with Crippen LogP contribution >= 0.6 is 11.6 Å². The summed E-state index contributed by atoms with van der Waals surface area (Å²) < 4.78 is 0. The Labute approximate surface area is 109 Å². The highest BCUT2D eigenvalue weighted by Crippen LogP contribution is 2.24. The monoisotopic (exact) mass is 252 g/mol. The van der Waals surface area contributed by atoms with E-state index >= 15 is 0 Å². The van der Waals surface area contributed by atoms with Crippen LogP contribution in [-0.4, -0.2) is 31.1 Å². The van der Waals surface area contributed by atoms with Gasteiger partial charge < -0.3 is 10.2 Å². The van der Waals surface area contributed by atoms with Crippen molar-refractivity contribution in [1.82, 2.24) is 10.2 Å². The lowest BCUT2D eigenvalue weighted by atomic mass is 10.1. The normalized spacial score (nSPS) is 17.4. The lowest BCUT2D eigenvalue weighted by molar-refractivity contribution is 0.316. The molecule has 2 rings (SSSR count). The van der Waals surface area contributed by atoms with Crippen LogP contribution in [0.4, 0.5) is 0 Å². The molecule has 1 saturated carbocycles. The van der Waals surface area contributed by atoms with Gasteiger partial charge in [-0.25, -0.2) is 0 Å². The van der Waals surface area contributed by atoms with Crippen LogP contribution in [0.1, 0.15) is 31.4 Å². The zero-order valence-corrected chi connectivity index (χ0v) is 11.4. The fourth-order valence-corrected chi connectivity index (χ4v) is 2.15. The molecule has 2 nitrogen and oxygen atoms in total. The highest BCUT2D eigenvalue weighted by Gasteiger charge is 2.25. The van der Waals surface area contributed by atoms with E-state index in [9.17, 15) is 0 Å². The molecule has 0 radical (unpaired) electrons. The third kappa shape index (κ3) is 3.98. The van der Waals surface area contributed by atoms with Gasteiger partial charge in [0.05, 0.1) is 0 Å². The highest BCUT2D eigenvalue weighted by molar-refractivity contribution is 6.30. The van der Waals surface area contributed by atoms with Crippen molar-refractivity contribution in [2.45, 2.75) is 31.8 Å². The number of hydrogen-bond donors (Lipinski definition) is 1. The Bertz CT molecular complexity index is 346. The molecule has 0 aromatic heterocycles. The number of halogens is 1. The van der Waals surface area contributed by atoms with Gasteiger partial charge in [0.2, 0.25) is 0 Å². The lowest BCUT2D eigenvalue weighted by Gasteiger charge is -2.19. The van der Waals surface area contributed by atoms with Crippen molar-refractivity contribution >= 4 is 11.6 Å². The van der Waals surface area contributed by atoms with Crippen LogP contribution in [0.2, 0.25) is 5.02 Å². The molecule has 1 aliphatic carbocycles. The number of rotatable bonds is 6. The van der Waals surface area contributed by atoms with Crippen LogP contribution in [0.15, 0.2) is 24.3 Å². The molecule has 1 fully saturated rings. The Kier molecular flexibility index (Phi) is 4.43. The Morgan fingerprint density at radius 1 is 1.35 bits per heavy atom. The number of likely N-dealkylation sites (N-methyl/N-ethyl adjacent to an activating group) is 1. The number of benzene rings is 1. The second-order valence-corrected chi connectivity index (χ2v) is 5.38. The van der Waals surface area contributed by atoms with Crippen molar-refractivity contribution in [1.29, 1.82) is 0 Å². The van der Waals surface area contributed by atoms with Crippen LogP contribution < -0.4 is 5.32 Å². The van der Waals surface area contributed by atoms with Gasteiger partial charge in [0.1, 0.15) is 0 Å². The maximum Gasteiger partial charge on any atom is 0.0406 e. The first-order chi connectivity index (χ1) is 8.16. The maximum atomic E-state index is 5.88. The second-order valence-electron chi connectivity index (χ2n) is 4.94. The molecule has 1 aliphatic rings. The van der Waals surface area contributed by atoms with Crippen molar-refractivity contribution < 1.29 is 0 Å². The number of nitrogens with one attached hydrogen (secondary N) is 1. The molecule has 1 N–H and O–H groups in total. The molecule has 1 unspecified atom stereocenters. The van der Waals surface area contributed by atoms with Crippen molar-refractivity contribution in [3.8, 4) is 0 Å². The average Bonchev–Trinajstić information content (AvgIpc) is 3.13. The Morgan fingerprint density at radius 2 is 2.00 bits per heavy atom. The molecular weight excluding hydrogens is 232 g/mol. The summed E-state index contributed by atoms with van der Waals surface area (Å²) in [4.78, 5) is 2.45. The van der Waals surface area contributed by atoms with Gasteiger partial charge in [0.15, 0.2) is 0 Å². The minimum absolute atomic E-state index is 0.389. The molecule has 0 amide bonds. The predicted octanol–water partition coefficient (Wildman–Crippen LogP) is 3.08. The third-order valence-electron chi connectivity index (χ3n) is 3.46. The van der Waals surface area contributed by atoms with E-state index in [0.717, 1.165) is 24.2 Å². The van der Waals surface area contributed by atoms with Crippen LogP contribution in [0.5, 0.6) is 0 Å². The van der Waals surface area contributed by atoms with Crippen LogP contribution in [-0.2, 0) is 0 Å². The van der Waals surface area contributed by atoms with E-state index in [2.05, 4.69) is 36.3 Å². The van der Waals surface area contributed by atoms with Gasteiger partial charge >= 0.3 is 0 Å². The molecule has 1 aromatic carbocycles. The van der Waals surface area contributed by atoms with E-state index in [4.69, 9.17) is 11.6 Å². The predicted molar refractivity (Wildman–Crippen MR) is 73.5 cm³/mol. The van der Waals surface area contributed by atoms with E-state index in [0.29, 0.717) is 6.04 Å². The van der Waals surface area contributed by atoms with Gasteiger partial charge in [0.25, 0.3) is 0 Å². The Hall–Kier alpha value is -0.570. The van der Waals surface area contributed by atoms with E-state index in [1.807, 2.05) is 12.1 Å². The van der Waals surface area contributed by atoms with E-state index < -0.39 is 0 Å². The van der Waals surface area contributed by atoms with Gasteiger partial charge in [-0.3, -0.25) is 0 Å². The smallest absolute Gasteiger partial charge is 0.0406 e. The van der Waals surface area contributed by atoms with Crippen LogP contribution in [0.25, 0.3) is 0 Å². The summed E-state index contributed by atoms with van der Waals surface area (Å²) in [7, 11) is 2.21. The maximum absolute atomic E-state index is 5.88. The standard InChI is InChI=1S/C14H21ClN2/c1-11(12-3-5-13(15)6-4-12)16-9-10-17(2)14-7-8-14/h3-6,11,14,16H,7-10H2,1-2H3. The van der Waals surface area contributed by atoms with E-state index in [-0.39, 0.29) is 0 Å². The van der Waals surface area contributed by atoms with Gasteiger partial charge in [-0.15, -0.1) is 0 Å². The number of nitrogens with zero attached hydrogens (tertiary/aromatic N) is 1. The summed E-state index contributed by atoms with van der Waals surface area (Å²) >= 11 is 5.88. The Morgan fingerprint density at radius 3 is 2.59 bits per heavy atom. The summed E-state index contributed by atoms with van der Waals surface area (Å²) in [5, 5.41) is 4.35. The highest BCUT2D eigenvalue weighted by atomic mass is 35.5. The van der Waals surface area contributed by atoms with E-state index in [1.54, 1.807) is 0 Å². The van der Waals surface area contributed by atoms with Crippen molar-refractivity contribution in [2.24, 2.45) is 0 Å². The minimum Gasteiger partial charge on any atom is -0.309 e. The van der Waals surface area contributed by atoms with Crippen molar-refractivity contribution in [2.75, 3.05) is 20.1 Å². The molecule has 0 saturated heterocycles. The molecule has 0 aliphatic heterocycles.